The monoisotopic (exact) mass is 265 g/mol. The van der Waals surface area contributed by atoms with E-state index in [0.717, 1.165) is 12.8 Å². The molecule has 0 aliphatic heterocycles. The van der Waals surface area contributed by atoms with E-state index in [9.17, 15) is 9.90 Å². The van der Waals surface area contributed by atoms with Gasteiger partial charge in [0, 0.05) is 11.1 Å². The van der Waals surface area contributed by atoms with Crippen molar-refractivity contribution in [2.45, 2.75) is 31.4 Å². The van der Waals surface area contributed by atoms with Crippen molar-refractivity contribution in [3.63, 3.8) is 0 Å². The topological polar surface area (TPSA) is 49.3 Å². The Kier molecular flexibility index (Phi) is 4.39. The first-order valence-corrected chi connectivity index (χ1v) is 6.41. The van der Waals surface area contributed by atoms with Crippen LogP contribution in [0.25, 0.3) is 0 Å². The first kappa shape index (κ1) is 13.1. The van der Waals surface area contributed by atoms with E-state index in [0.29, 0.717) is 10.6 Å². The number of benzene rings is 1. The third-order valence-corrected chi connectivity index (χ3v) is 3.26. The summed E-state index contributed by atoms with van der Waals surface area (Å²) >= 11 is 5.77. The molecule has 0 aromatic heterocycles. The Hall–Kier alpha value is -1.32. The van der Waals surface area contributed by atoms with Crippen LogP contribution in [-0.4, -0.2) is 17.1 Å². The molecular weight excluding hydrogens is 250 g/mol. The van der Waals surface area contributed by atoms with Gasteiger partial charge in [-0.05, 0) is 30.5 Å². The third kappa shape index (κ3) is 3.59. The molecule has 96 valence electrons. The van der Waals surface area contributed by atoms with E-state index in [4.69, 9.17) is 11.6 Å². The maximum absolute atomic E-state index is 11.7. The molecule has 2 rings (SSSR count). The number of aliphatic hydroxyl groups is 1. The summed E-state index contributed by atoms with van der Waals surface area (Å²) in [6, 6.07) is 7.07. The highest BCUT2D eigenvalue weighted by molar-refractivity contribution is 6.30. The fourth-order valence-electron chi connectivity index (χ4n) is 2.00. The van der Waals surface area contributed by atoms with Gasteiger partial charge in [0.05, 0.1) is 12.5 Å². The predicted octanol–water partition coefficient (Wildman–Crippen LogP) is 2.60. The molecule has 1 atom stereocenters. The minimum atomic E-state index is -0.781. The number of carbonyl (C=O) groups is 1. The molecule has 0 heterocycles. The van der Waals surface area contributed by atoms with Crippen molar-refractivity contribution in [1.29, 1.82) is 0 Å². The van der Waals surface area contributed by atoms with Gasteiger partial charge in [0.25, 0.3) is 0 Å². The zero-order valence-electron chi connectivity index (χ0n) is 9.97. The minimum Gasteiger partial charge on any atom is -0.388 e. The van der Waals surface area contributed by atoms with Crippen molar-refractivity contribution in [2.24, 2.45) is 0 Å². The van der Waals surface area contributed by atoms with E-state index in [2.05, 4.69) is 17.5 Å². The zero-order valence-corrected chi connectivity index (χ0v) is 10.7. The maximum Gasteiger partial charge on any atom is 0.223 e. The molecule has 2 N–H and O–H groups in total. The highest BCUT2D eigenvalue weighted by atomic mass is 35.5. The summed E-state index contributed by atoms with van der Waals surface area (Å²) in [4.78, 5) is 11.7. The lowest BCUT2D eigenvalue weighted by molar-refractivity contribution is -0.123. The lowest BCUT2D eigenvalue weighted by atomic mass is 10.1. The Balaban J connectivity index is 1.84. The molecular formula is C14H16ClNO2. The van der Waals surface area contributed by atoms with Crippen LogP contribution in [0.2, 0.25) is 5.02 Å². The quantitative estimate of drug-likeness (QED) is 0.822. The molecule has 0 fully saturated rings. The summed E-state index contributed by atoms with van der Waals surface area (Å²) in [5.74, 6) is -0.119. The second-order valence-electron chi connectivity index (χ2n) is 4.48. The highest BCUT2D eigenvalue weighted by Gasteiger charge is 2.17. The zero-order chi connectivity index (χ0) is 13.0. The lowest BCUT2D eigenvalue weighted by Crippen LogP contribution is -2.33. The Bertz CT molecular complexity index is 434. The number of aliphatic hydroxyl groups excluding tert-OH is 1. The Morgan fingerprint density at radius 3 is 2.56 bits per heavy atom. The number of carbonyl (C=O) groups excluding carboxylic acids is 1. The number of nitrogens with one attached hydrogen (secondary N) is 1. The fraction of sp³-hybridized carbons (Fsp3) is 0.357. The van der Waals surface area contributed by atoms with E-state index >= 15 is 0 Å². The number of hydrogen-bond acceptors (Lipinski definition) is 2. The van der Waals surface area contributed by atoms with Crippen LogP contribution < -0.4 is 5.32 Å². The highest BCUT2D eigenvalue weighted by Crippen LogP contribution is 2.19. The van der Waals surface area contributed by atoms with Gasteiger partial charge in [-0.2, -0.15) is 0 Å². The molecule has 1 aliphatic rings. The van der Waals surface area contributed by atoms with Gasteiger partial charge in [0.15, 0.2) is 0 Å². The van der Waals surface area contributed by atoms with E-state index in [-0.39, 0.29) is 18.4 Å². The van der Waals surface area contributed by atoms with E-state index < -0.39 is 6.10 Å². The van der Waals surface area contributed by atoms with E-state index in [1.165, 1.54) is 0 Å². The van der Waals surface area contributed by atoms with Crippen molar-refractivity contribution in [3.8, 4) is 0 Å². The van der Waals surface area contributed by atoms with Crippen LogP contribution in [0, 0.1) is 0 Å². The summed E-state index contributed by atoms with van der Waals surface area (Å²) in [5.41, 5.74) is 0.707. The number of hydrogen-bond donors (Lipinski definition) is 2. The van der Waals surface area contributed by atoms with Crippen LogP contribution in [0.1, 0.15) is 30.9 Å². The van der Waals surface area contributed by atoms with Crippen molar-refractivity contribution in [1.82, 2.24) is 5.32 Å². The van der Waals surface area contributed by atoms with Crippen LogP contribution in [0.4, 0.5) is 0 Å². The average molecular weight is 266 g/mol. The molecule has 0 bridgehead atoms. The second-order valence-corrected chi connectivity index (χ2v) is 4.92. The molecule has 18 heavy (non-hydrogen) atoms. The number of halogens is 1. The standard InChI is InChI=1S/C14H16ClNO2/c15-11-7-5-10(6-8-11)13(17)9-14(18)16-12-3-1-2-4-12/h1-2,5-8,12-13,17H,3-4,9H2,(H,16,18). The molecule has 1 aliphatic carbocycles. The van der Waals surface area contributed by atoms with Crippen molar-refractivity contribution in [3.05, 3.63) is 47.0 Å². The molecule has 1 amide bonds. The third-order valence-electron chi connectivity index (χ3n) is 3.01. The maximum atomic E-state index is 11.7. The number of rotatable bonds is 4. The Morgan fingerprint density at radius 2 is 1.94 bits per heavy atom. The molecule has 4 heteroatoms. The molecule has 0 saturated heterocycles. The largest absolute Gasteiger partial charge is 0.388 e. The summed E-state index contributed by atoms with van der Waals surface area (Å²) in [6.07, 6.45) is 5.17. The van der Waals surface area contributed by atoms with Gasteiger partial charge in [0.2, 0.25) is 5.91 Å². The fourth-order valence-corrected chi connectivity index (χ4v) is 2.13. The van der Waals surface area contributed by atoms with Gasteiger partial charge in [-0.1, -0.05) is 35.9 Å². The first-order valence-electron chi connectivity index (χ1n) is 6.03. The molecule has 0 spiro atoms. The summed E-state index contributed by atoms with van der Waals surface area (Å²) in [7, 11) is 0. The van der Waals surface area contributed by atoms with Crippen LogP contribution in [-0.2, 0) is 4.79 Å². The smallest absolute Gasteiger partial charge is 0.223 e. The van der Waals surface area contributed by atoms with Crippen LogP contribution in [0.3, 0.4) is 0 Å². The van der Waals surface area contributed by atoms with Crippen molar-refractivity contribution in [2.75, 3.05) is 0 Å². The van der Waals surface area contributed by atoms with Crippen molar-refractivity contribution < 1.29 is 9.90 Å². The molecule has 3 nitrogen and oxygen atoms in total. The van der Waals surface area contributed by atoms with Crippen LogP contribution in [0.15, 0.2) is 36.4 Å². The van der Waals surface area contributed by atoms with Gasteiger partial charge in [-0.15, -0.1) is 0 Å². The predicted molar refractivity (Wildman–Crippen MR) is 71.3 cm³/mol. The Morgan fingerprint density at radius 1 is 1.33 bits per heavy atom. The van der Waals surface area contributed by atoms with Crippen LogP contribution in [0.5, 0.6) is 0 Å². The van der Waals surface area contributed by atoms with Gasteiger partial charge >= 0.3 is 0 Å². The van der Waals surface area contributed by atoms with Gasteiger partial charge in [-0.3, -0.25) is 4.79 Å². The molecule has 1 unspecified atom stereocenters. The number of amides is 1. The minimum absolute atomic E-state index is 0.0815. The molecule has 1 aromatic carbocycles. The summed E-state index contributed by atoms with van der Waals surface area (Å²) in [6.45, 7) is 0. The van der Waals surface area contributed by atoms with Gasteiger partial charge < -0.3 is 10.4 Å². The first-order chi connectivity index (χ1) is 8.65. The Labute approximate surface area is 111 Å². The average Bonchev–Trinajstić information content (AvgIpc) is 2.82. The van der Waals surface area contributed by atoms with Gasteiger partial charge in [-0.25, -0.2) is 0 Å². The second kappa shape index (κ2) is 6.03. The SMILES string of the molecule is O=C(CC(O)c1ccc(Cl)cc1)NC1CC=CC1. The molecule has 0 radical (unpaired) electrons. The normalized spacial score (nSPS) is 16.8. The van der Waals surface area contributed by atoms with Gasteiger partial charge in [0.1, 0.15) is 0 Å². The molecule has 1 aromatic rings. The van der Waals surface area contributed by atoms with Crippen LogP contribution >= 0.6 is 11.6 Å². The summed E-state index contributed by atoms with van der Waals surface area (Å²) in [5, 5.41) is 13.5. The van der Waals surface area contributed by atoms with E-state index in [1.54, 1.807) is 24.3 Å². The van der Waals surface area contributed by atoms with E-state index in [1.807, 2.05) is 0 Å². The van der Waals surface area contributed by atoms with Crippen molar-refractivity contribution >= 4 is 17.5 Å². The lowest BCUT2D eigenvalue weighted by Gasteiger charge is -2.15. The summed E-state index contributed by atoms with van der Waals surface area (Å²) < 4.78 is 0. The molecule has 0 saturated carbocycles.